The van der Waals surface area contributed by atoms with Crippen LogP contribution in [0.2, 0.25) is 0 Å². The van der Waals surface area contributed by atoms with Crippen LogP contribution >= 0.6 is 0 Å². The van der Waals surface area contributed by atoms with Gasteiger partial charge in [0, 0.05) is 68.4 Å². The van der Waals surface area contributed by atoms with Crippen molar-refractivity contribution in [1.82, 2.24) is 4.90 Å². The third kappa shape index (κ3) is 6.03. The van der Waals surface area contributed by atoms with Gasteiger partial charge in [0.15, 0.2) is 23.1 Å². The van der Waals surface area contributed by atoms with Crippen LogP contribution in [0.15, 0.2) is 70.5 Å². The van der Waals surface area contributed by atoms with E-state index in [1.807, 2.05) is 12.2 Å². The van der Waals surface area contributed by atoms with Crippen molar-refractivity contribution in [3.63, 3.8) is 0 Å². The second-order valence-electron chi connectivity index (χ2n) is 7.88. The summed E-state index contributed by atoms with van der Waals surface area (Å²) >= 11 is 0. The second-order valence-corrected chi connectivity index (χ2v) is 7.88. The molecule has 1 fully saturated rings. The molecule has 1 aliphatic carbocycles. The van der Waals surface area contributed by atoms with Crippen molar-refractivity contribution in [2.45, 2.75) is 12.8 Å². The number of allylic oxidation sites excluding steroid dienone is 4. The minimum Gasteiger partial charge on any atom is -0.493 e. The molecule has 3 aliphatic rings. The summed E-state index contributed by atoms with van der Waals surface area (Å²) in [5.74, 6) is 1.44. The number of halogens is 1. The number of anilines is 1. The molecule has 2 bridgehead atoms. The molecule has 2 aliphatic heterocycles. The zero-order chi connectivity index (χ0) is 23.0. The van der Waals surface area contributed by atoms with Gasteiger partial charge in [-0.2, -0.15) is 0 Å². The van der Waals surface area contributed by atoms with Gasteiger partial charge < -0.3 is 24.3 Å². The predicted octanol–water partition coefficient (Wildman–Crippen LogP) is 4.03. The highest BCUT2D eigenvalue weighted by Gasteiger charge is 2.21. The van der Waals surface area contributed by atoms with Crippen molar-refractivity contribution in [3.05, 3.63) is 71.3 Å². The first-order valence-corrected chi connectivity index (χ1v) is 11.2. The highest BCUT2D eigenvalue weighted by Crippen LogP contribution is 2.30. The smallest absolute Gasteiger partial charge is 0.167 e. The minimum atomic E-state index is -0.444. The van der Waals surface area contributed by atoms with Gasteiger partial charge in [0.2, 0.25) is 0 Å². The second kappa shape index (κ2) is 11.2. The fourth-order valence-corrected chi connectivity index (χ4v) is 3.82. The monoisotopic (exact) mass is 455 g/mol. The predicted molar refractivity (Wildman–Crippen MR) is 126 cm³/mol. The van der Waals surface area contributed by atoms with Gasteiger partial charge in [-0.1, -0.05) is 0 Å². The van der Waals surface area contributed by atoms with Crippen LogP contribution in [-0.2, 0) is 14.2 Å². The van der Waals surface area contributed by atoms with Crippen molar-refractivity contribution in [1.29, 1.82) is 0 Å². The van der Waals surface area contributed by atoms with E-state index in [0.29, 0.717) is 36.0 Å². The van der Waals surface area contributed by atoms with E-state index in [1.165, 1.54) is 6.07 Å². The van der Waals surface area contributed by atoms with Crippen LogP contribution in [0.4, 0.5) is 10.1 Å². The Kier molecular flexibility index (Phi) is 7.80. The molecule has 176 valence electrons. The molecule has 1 saturated heterocycles. The molecular formula is C25H30FN3O4. The Hall–Kier alpha value is -3.10. The fourth-order valence-electron chi connectivity index (χ4n) is 3.82. The number of ether oxygens (including phenoxy) is 4. The summed E-state index contributed by atoms with van der Waals surface area (Å²) in [6.07, 6.45) is 8.59. The summed E-state index contributed by atoms with van der Waals surface area (Å²) in [4.78, 5) is 6.89. The van der Waals surface area contributed by atoms with Crippen LogP contribution in [-0.4, -0.2) is 64.2 Å². The van der Waals surface area contributed by atoms with E-state index in [2.05, 4.69) is 15.2 Å². The van der Waals surface area contributed by atoms with Gasteiger partial charge in [-0.15, -0.1) is 0 Å². The molecule has 4 rings (SSSR count). The average molecular weight is 456 g/mol. The summed E-state index contributed by atoms with van der Waals surface area (Å²) in [5, 5.41) is 2.91. The van der Waals surface area contributed by atoms with Crippen LogP contribution < -0.4 is 10.1 Å². The summed E-state index contributed by atoms with van der Waals surface area (Å²) in [7, 11) is 3.35. The Morgan fingerprint density at radius 3 is 2.79 bits per heavy atom. The van der Waals surface area contributed by atoms with Crippen LogP contribution in [0.1, 0.15) is 12.8 Å². The lowest BCUT2D eigenvalue weighted by Gasteiger charge is -2.26. The summed E-state index contributed by atoms with van der Waals surface area (Å²) in [6.45, 7) is 5.04. The van der Waals surface area contributed by atoms with Crippen LogP contribution in [0.3, 0.4) is 0 Å². The normalized spacial score (nSPS) is 18.6. The van der Waals surface area contributed by atoms with Crippen LogP contribution in [0, 0.1) is 5.82 Å². The molecule has 0 spiro atoms. The van der Waals surface area contributed by atoms with Crippen molar-refractivity contribution >= 4 is 11.4 Å². The molecule has 1 aromatic rings. The fraction of sp³-hybridized carbons (Fsp3) is 0.400. The van der Waals surface area contributed by atoms with Crippen molar-refractivity contribution in [2.24, 2.45) is 4.99 Å². The third-order valence-electron chi connectivity index (χ3n) is 5.64. The molecule has 1 N–H and O–H groups in total. The first-order chi connectivity index (χ1) is 16.2. The average Bonchev–Trinajstić information content (AvgIpc) is 3.14. The zero-order valence-corrected chi connectivity index (χ0v) is 19.1. The van der Waals surface area contributed by atoms with Crippen molar-refractivity contribution in [3.8, 4) is 5.75 Å². The van der Waals surface area contributed by atoms with Crippen LogP contribution in [0.25, 0.3) is 0 Å². The SMILES string of the molecule is CNc1ccc(OC2=C3C=C(OC)C(OCCCN4CCOCC4)=CC(=NC=C2)C3)c(F)c1. The van der Waals surface area contributed by atoms with E-state index >= 15 is 0 Å². The van der Waals surface area contributed by atoms with E-state index in [4.69, 9.17) is 18.9 Å². The summed E-state index contributed by atoms with van der Waals surface area (Å²) in [6, 6.07) is 4.77. The van der Waals surface area contributed by atoms with Gasteiger partial charge in [0.05, 0.1) is 26.9 Å². The molecular weight excluding hydrogens is 425 g/mol. The minimum absolute atomic E-state index is 0.147. The lowest BCUT2D eigenvalue weighted by atomic mass is 10.1. The number of methoxy groups -OCH3 is 1. The molecule has 33 heavy (non-hydrogen) atoms. The quantitative estimate of drug-likeness (QED) is 0.568. The number of fused-ring (bicyclic) bond motifs is 2. The maximum absolute atomic E-state index is 14.5. The standard InChI is InChI=1S/C25H30FN3O4/c1-27-19-4-5-23(21(26)16-19)33-22-6-7-28-20-14-18(22)15-24(30-2)25(17-20)32-11-3-8-29-9-12-31-13-10-29/h4-7,15-17,27H,3,8-14H2,1-2H3. The van der Waals surface area contributed by atoms with Gasteiger partial charge in [-0.3, -0.25) is 9.89 Å². The van der Waals surface area contributed by atoms with Gasteiger partial charge >= 0.3 is 0 Å². The Balaban J connectivity index is 1.47. The zero-order valence-electron chi connectivity index (χ0n) is 19.1. The molecule has 0 aromatic heterocycles. The highest BCUT2D eigenvalue weighted by molar-refractivity contribution is 5.99. The molecule has 2 heterocycles. The molecule has 0 radical (unpaired) electrons. The topological polar surface area (TPSA) is 64.5 Å². The van der Waals surface area contributed by atoms with Gasteiger partial charge in [0.1, 0.15) is 5.76 Å². The third-order valence-corrected chi connectivity index (χ3v) is 5.64. The Morgan fingerprint density at radius 1 is 1.18 bits per heavy atom. The largest absolute Gasteiger partial charge is 0.493 e. The van der Waals surface area contributed by atoms with Gasteiger partial charge in [0.25, 0.3) is 0 Å². The van der Waals surface area contributed by atoms with Crippen molar-refractivity contribution in [2.75, 3.05) is 58.9 Å². The number of nitrogens with zero attached hydrogens (tertiary/aromatic N) is 2. The number of hydrogen-bond donors (Lipinski definition) is 1. The van der Waals surface area contributed by atoms with Crippen molar-refractivity contribution < 1.29 is 23.3 Å². The first kappa shape index (κ1) is 23.1. The number of nitrogens with one attached hydrogen (secondary N) is 1. The Bertz CT molecular complexity index is 1010. The molecule has 0 amide bonds. The lowest BCUT2D eigenvalue weighted by molar-refractivity contribution is 0.0342. The van der Waals surface area contributed by atoms with E-state index in [0.717, 1.165) is 50.6 Å². The van der Waals surface area contributed by atoms with Gasteiger partial charge in [-0.25, -0.2) is 4.39 Å². The number of benzene rings is 1. The molecule has 0 saturated carbocycles. The summed E-state index contributed by atoms with van der Waals surface area (Å²) in [5.41, 5.74) is 2.33. The lowest BCUT2D eigenvalue weighted by Crippen LogP contribution is -2.37. The van der Waals surface area contributed by atoms with E-state index in [-0.39, 0.29) is 5.75 Å². The molecule has 8 heteroatoms. The molecule has 7 nitrogen and oxygen atoms in total. The van der Waals surface area contributed by atoms with Crippen LogP contribution in [0.5, 0.6) is 5.75 Å². The van der Waals surface area contributed by atoms with Gasteiger partial charge in [-0.05, 0) is 30.7 Å². The Morgan fingerprint density at radius 2 is 2.03 bits per heavy atom. The molecule has 1 aromatic carbocycles. The number of hydrogen-bond acceptors (Lipinski definition) is 7. The maximum Gasteiger partial charge on any atom is 0.167 e. The molecule has 0 atom stereocenters. The first-order valence-electron chi connectivity index (χ1n) is 11.2. The highest BCUT2D eigenvalue weighted by atomic mass is 19.1. The number of rotatable bonds is 9. The van der Waals surface area contributed by atoms with E-state index < -0.39 is 5.82 Å². The molecule has 0 unspecified atom stereocenters. The van der Waals surface area contributed by atoms with E-state index in [9.17, 15) is 4.39 Å². The maximum atomic E-state index is 14.5. The Labute approximate surface area is 193 Å². The number of aliphatic imine (C=N–C) groups is 1. The van der Waals surface area contributed by atoms with E-state index in [1.54, 1.807) is 38.6 Å². The summed E-state index contributed by atoms with van der Waals surface area (Å²) < 4.78 is 37.5. The number of morpholine rings is 1.